The molecular formula is C18H27NO2. The van der Waals surface area contributed by atoms with Gasteiger partial charge in [-0.25, -0.2) is 0 Å². The summed E-state index contributed by atoms with van der Waals surface area (Å²) in [6.45, 7) is 7.24. The first-order valence-electron chi connectivity index (χ1n) is 8.41. The van der Waals surface area contributed by atoms with E-state index in [1.807, 2.05) is 0 Å². The Bertz CT molecular complexity index is 474. The van der Waals surface area contributed by atoms with E-state index in [0.717, 1.165) is 51.2 Å². The van der Waals surface area contributed by atoms with E-state index in [2.05, 4.69) is 37.4 Å². The van der Waals surface area contributed by atoms with Crippen LogP contribution in [0.5, 0.6) is 5.75 Å². The number of fused-ring (bicyclic) bond motifs is 1. The summed E-state index contributed by atoms with van der Waals surface area (Å²) in [5.74, 6) is 1.71. The summed E-state index contributed by atoms with van der Waals surface area (Å²) in [6, 6.07) is 6.83. The van der Waals surface area contributed by atoms with Gasteiger partial charge in [-0.1, -0.05) is 32.0 Å². The van der Waals surface area contributed by atoms with Crippen molar-refractivity contribution in [3.05, 3.63) is 29.3 Å². The molecule has 3 unspecified atom stereocenters. The van der Waals surface area contributed by atoms with Crippen LogP contribution in [-0.4, -0.2) is 25.9 Å². The Morgan fingerprint density at radius 3 is 3.00 bits per heavy atom. The van der Waals surface area contributed by atoms with Crippen molar-refractivity contribution in [2.75, 3.05) is 19.8 Å². The maximum Gasteiger partial charge on any atom is 0.127 e. The van der Waals surface area contributed by atoms with Crippen LogP contribution in [-0.2, 0) is 11.2 Å². The fourth-order valence-electron chi connectivity index (χ4n) is 3.51. The third kappa shape index (κ3) is 3.09. The standard InChI is InChI=1S/C18H27NO2/c1-3-10-19-16(17-13(2)9-12-21-17)15-8-4-6-14-7-5-11-20-18(14)15/h4,6,8,13,16-17,19H,3,5,7,9-12H2,1-2H3. The second kappa shape index (κ2) is 6.80. The van der Waals surface area contributed by atoms with Crippen molar-refractivity contribution in [2.45, 2.75) is 51.7 Å². The van der Waals surface area contributed by atoms with Crippen LogP contribution in [0.1, 0.15) is 50.3 Å². The Morgan fingerprint density at radius 2 is 2.24 bits per heavy atom. The molecular weight excluding hydrogens is 262 g/mol. The predicted molar refractivity (Wildman–Crippen MR) is 84.8 cm³/mol. The van der Waals surface area contributed by atoms with Crippen LogP contribution in [0.4, 0.5) is 0 Å². The van der Waals surface area contributed by atoms with Crippen LogP contribution in [0.25, 0.3) is 0 Å². The second-order valence-corrected chi connectivity index (χ2v) is 6.32. The molecule has 0 radical (unpaired) electrons. The molecule has 0 aliphatic carbocycles. The molecule has 0 aromatic heterocycles. The summed E-state index contributed by atoms with van der Waals surface area (Å²) in [5.41, 5.74) is 2.65. The Kier molecular flexibility index (Phi) is 4.81. The molecule has 2 aliphatic heterocycles. The zero-order chi connectivity index (χ0) is 14.7. The van der Waals surface area contributed by atoms with E-state index in [1.165, 1.54) is 11.1 Å². The van der Waals surface area contributed by atoms with Crippen LogP contribution < -0.4 is 10.1 Å². The Hall–Kier alpha value is -1.06. The van der Waals surface area contributed by atoms with Crippen molar-refractivity contribution in [3.63, 3.8) is 0 Å². The molecule has 0 saturated carbocycles. The highest BCUT2D eigenvalue weighted by Crippen LogP contribution is 2.38. The molecule has 21 heavy (non-hydrogen) atoms. The van der Waals surface area contributed by atoms with Crippen molar-refractivity contribution in [1.29, 1.82) is 0 Å². The second-order valence-electron chi connectivity index (χ2n) is 6.32. The number of benzene rings is 1. The molecule has 116 valence electrons. The van der Waals surface area contributed by atoms with Crippen LogP contribution in [0.15, 0.2) is 18.2 Å². The largest absolute Gasteiger partial charge is 0.493 e. The topological polar surface area (TPSA) is 30.5 Å². The normalized spacial score (nSPS) is 26.2. The van der Waals surface area contributed by atoms with Gasteiger partial charge < -0.3 is 14.8 Å². The maximum absolute atomic E-state index is 6.05. The fourth-order valence-corrected chi connectivity index (χ4v) is 3.51. The molecule has 3 atom stereocenters. The van der Waals surface area contributed by atoms with E-state index in [0.29, 0.717) is 5.92 Å². The highest BCUT2D eigenvalue weighted by atomic mass is 16.5. The first-order chi connectivity index (χ1) is 10.3. The number of nitrogens with one attached hydrogen (secondary N) is 1. The molecule has 0 bridgehead atoms. The molecule has 1 aromatic rings. The summed E-state index contributed by atoms with van der Waals surface area (Å²) in [4.78, 5) is 0. The van der Waals surface area contributed by atoms with Crippen molar-refractivity contribution >= 4 is 0 Å². The molecule has 2 aliphatic rings. The Balaban J connectivity index is 1.92. The van der Waals surface area contributed by atoms with Gasteiger partial charge in [0.25, 0.3) is 0 Å². The van der Waals surface area contributed by atoms with E-state index in [-0.39, 0.29) is 12.1 Å². The Morgan fingerprint density at radius 1 is 1.33 bits per heavy atom. The zero-order valence-corrected chi connectivity index (χ0v) is 13.2. The lowest BCUT2D eigenvalue weighted by Gasteiger charge is -2.31. The van der Waals surface area contributed by atoms with E-state index >= 15 is 0 Å². The number of hydrogen-bond acceptors (Lipinski definition) is 3. The monoisotopic (exact) mass is 289 g/mol. The number of ether oxygens (including phenoxy) is 2. The van der Waals surface area contributed by atoms with Crippen LogP contribution in [0, 0.1) is 5.92 Å². The smallest absolute Gasteiger partial charge is 0.127 e. The minimum Gasteiger partial charge on any atom is -0.493 e. The van der Waals surface area contributed by atoms with Gasteiger partial charge in [0, 0.05) is 12.2 Å². The number of hydrogen-bond donors (Lipinski definition) is 1. The number of para-hydroxylation sites is 1. The van der Waals surface area contributed by atoms with Crippen LogP contribution >= 0.6 is 0 Å². The summed E-state index contributed by atoms with van der Waals surface area (Å²) in [7, 11) is 0. The molecule has 1 fully saturated rings. The molecule has 3 rings (SSSR count). The third-order valence-electron chi connectivity index (χ3n) is 4.69. The van der Waals surface area contributed by atoms with Gasteiger partial charge in [-0.3, -0.25) is 0 Å². The first kappa shape index (κ1) is 14.9. The summed E-state index contributed by atoms with van der Waals surface area (Å²) in [5, 5.41) is 3.70. The molecule has 1 aromatic carbocycles. The van der Waals surface area contributed by atoms with Gasteiger partial charge in [0.15, 0.2) is 0 Å². The van der Waals surface area contributed by atoms with E-state index < -0.39 is 0 Å². The van der Waals surface area contributed by atoms with Gasteiger partial charge in [-0.2, -0.15) is 0 Å². The molecule has 1 N–H and O–H groups in total. The minimum absolute atomic E-state index is 0.246. The quantitative estimate of drug-likeness (QED) is 0.900. The van der Waals surface area contributed by atoms with E-state index in [9.17, 15) is 0 Å². The zero-order valence-electron chi connectivity index (χ0n) is 13.2. The highest BCUT2D eigenvalue weighted by molar-refractivity contribution is 5.45. The van der Waals surface area contributed by atoms with Crippen molar-refractivity contribution in [2.24, 2.45) is 5.92 Å². The van der Waals surface area contributed by atoms with Gasteiger partial charge in [-0.05, 0) is 43.7 Å². The highest BCUT2D eigenvalue weighted by Gasteiger charge is 2.35. The van der Waals surface area contributed by atoms with Crippen molar-refractivity contribution in [3.8, 4) is 5.75 Å². The molecule has 2 heterocycles. The van der Waals surface area contributed by atoms with Gasteiger partial charge in [0.2, 0.25) is 0 Å². The molecule has 3 nitrogen and oxygen atoms in total. The molecule has 3 heteroatoms. The fraction of sp³-hybridized carbons (Fsp3) is 0.667. The van der Waals surface area contributed by atoms with Crippen LogP contribution in [0.3, 0.4) is 0 Å². The SMILES string of the molecule is CCCNC(c1cccc2c1OCCC2)C1OCCC1C. The molecule has 0 spiro atoms. The van der Waals surface area contributed by atoms with E-state index in [4.69, 9.17) is 9.47 Å². The van der Waals surface area contributed by atoms with Crippen LogP contribution in [0.2, 0.25) is 0 Å². The summed E-state index contributed by atoms with van der Waals surface area (Å²) < 4.78 is 12.1. The predicted octanol–water partition coefficient (Wildman–Crippen LogP) is 3.48. The van der Waals surface area contributed by atoms with Crippen molar-refractivity contribution < 1.29 is 9.47 Å². The van der Waals surface area contributed by atoms with Gasteiger partial charge in [0.1, 0.15) is 5.75 Å². The van der Waals surface area contributed by atoms with Gasteiger partial charge in [-0.15, -0.1) is 0 Å². The summed E-state index contributed by atoms with van der Waals surface area (Å²) in [6.07, 6.45) is 4.80. The average Bonchev–Trinajstić information content (AvgIpc) is 2.94. The minimum atomic E-state index is 0.246. The lowest BCUT2D eigenvalue weighted by molar-refractivity contribution is 0.0595. The third-order valence-corrected chi connectivity index (χ3v) is 4.69. The van der Waals surface area contributed by atoms with E-state index in [1.54, 1.807) is 0 Å². The molecule has 1 saturated heterocycles. The average molecular weight is 289 g/mol. The van der Waals surface area contributed by atoms with Crippen molar-refractivity contribution in [1.82, 2.24) is 5.32 Å². The van der Waals surface area contributed by atoms with Gasteiger partial charge >= 0.3 is 0 Å². The maximum atomic E-state index is 6.05. The Labute approximate surface area is 128 Å². The number of rotatable bonds is 5. The first-order valence-corrected chi connectivity index (χ1v) is 8.41. The summed E-state index contributed by atoms with van der Waals surface area (Å²) >= 11 is 0. The number of aryl methyl sites for hydroxylation is 1. The lowest BCUT2D eigenvalue weighted by Crippen LogP contribution is -2.36. The lowest BCUT2D eigenvalue weighted by atomic mass is 9.89. The molecule has 0 amide bonds. The van der Waals surface area contributed by atoms with Gasteiger partial charge in [0.05, 0.1) is 18.8 Å².